The fourth-order valence-corrected chi connectivity index (χ4v) is 1.20. The van der Waals surface area contributed by atoms with E-state index in [-0.39, 0.29) is 5.91 Å². The van der Waals surface area contributed by atoms with E-state index in [0.29, 0.717) is 19.8 Å². The number of hydrogen-bond donors (Lipinski definition) is 0. The number of likely N-dealkylation sites (N-methyl/N-ethyl adjacent to an activating group) is 1. The molecule has 3 nitrogen and oxygen atoms in total. The van der Waals surface area contributed by atoms with Gasteiger partial charge < -0.3 is 9.64 Å². The van der Waals surface area contributed by atoms with Crippen molar-refractivity contribution in [2.24, 2.45) is 0 Å². The second-order valence-corrected chi connectivity index (χ2v) is 5.38. The first-order valence-corrected chi connectivity index (χ1v) is 5.21. The maximum absolute atomic E-state index is 11.6. The number of nitrogens with zero attached hydrogens (tertiary/aromatic N) is 1. The molecule has 0 aromatic carbocycles. The number of carbonyl (C=O) groups excluding carboxylic acids is 1. The molecule has 0 aromatic heterocycles. The summed E-state index contributed by atoms with van der Waals surface area (Å²) in [5.41, 5.74) is 0. The summed E-state index contributed by atoms with van der Waals surface area (Å²) in [5, 5.41) is 0. The van der Waals surface area contributed by atoms with Gasteiger partial charge in [-0.3, -0.25) is 4.79 Å². The molecule has 0 N–H and O–H groups in total. The van der Waals surface area contributed by atoms with E-state index in [1.165, 1.54) is 0 Å². The Morgan fingerprint density at radius 2 is 2.08 bits per heavy atom. The third-order valence-electron chi connectivity index (χ3n) is 1.63. The van der Waals surface area contributed by atoms with Gasteiger partial charge in [0.25, 0.3) is 0 Å². The summed E-state index contributed by atoms with van der Waals surface area (Å²) >= 11 is 3.32. The summed E-state index contributed by atoms with van der Waals surface area (Å²) in [4.78, 5) is 13.3. The van der Waals surface area contributed by atoms with E-state index in [1.807, 2.05) is 20.8 Å². The monoisotopic (exact) mass is 251 g/mol. The van der Waals surface area contributed by atoms with Crippen molar-refractivity contribution in [2.75, 3.05) is 26.8 Å². The standard InChI is InChI=1S/C9H18BrNO2/c1-5-13-7-6-11(4)8(12)9(2,3)10/h5-7H2,1-4H3. The molecule has 78 valence electrons. The summed E-state index contributed by atoms with van der Waals surface area (Å²) < 4.78 is 4.68. The average Bonchev–Trinajstić information content (AvgIpc) is 2.01. The molecule has 0 atom stereocenters. The summed E-state index contributed by atoms with van der Waals surface area (Å²) in [5.74, 6) is 0.0761. The Kier molecular flexibility index (Phi) is 5.56. The third-order valence-corrected chi connectivity index (χ3v) is 1.97. The highest BCUT2D eigenvalue weighted by atomic mass is 79.9. The first kappa shape index (κ1) is 12.9. The lowest BCUT2D eigenvalue weighted by molar-refractivity contribution is -0.132. The van der Waals surface area contributed by atoms with Gasteiger partial charge in [0.2, 0.25) is 5.91 Å². The number of hydrogen-bond acceptors (Lipinski definition) is 2. The fourth-order valence-electron chi connectivity index (χ4n) is 0.901. The molecule has 0 saturated carbocycles. The molecule has 0 bridgehead atoms. The van der Waals surface area contributed by atoms with Gasteiger partial charge in [0, 0.05) is 20.2 Å². The van der Waals surface area contributed by atoms with Gasteiger partial charge in [0.05, 0.1) is 10.9 Å². The Hall–Kier alpha value is -0.0900. The van der Waals surface area contributed by atoms with Crippen molar-refractivity contribution in [1.29, 1.82) is 0 Å². The van der Waals surface area contributed by atoms with Crippen LogP contribution in [0.5, 0.6) is 0 Å². The van der Waals surface area contributed by atoms with E-state index in [1.54, 1.807) is 11.9 Å². The van der Waals surface area contributed by atoms with Gasteiger partial charge in [-0.15, -0.1) is 0 Å². The summed E-state index contributed by atoms with van der Waals surface area (Å²) in [6.07, 6.45) is 0. The van der Waals surface area contributed by atoms with E-state index < -0.39 is 4.32 Å². The minimum atomic E-state index is -0.478. The molecule has 0 radical (unpaired) electrons. The molecular weight excluding hydrogens is 234 g/mol. The zero-order valence-electron chi connectivity index (χ0n) is 8.76. The summed E-state index contributed by atoms with van der Waals surface area (Å²) in [6, 6.07) is 0. The highest BCUT2D eigenvalue weighted by Gasteiger charge is 2.26. The summed E-state index contributed by atoms with van der Waals surface area (Å²) in [7, 11) is 1.78. The smallest absolute Gasteiger partial charge is 0.238 e. The van der Waals surface area contributed by atoms with Crippen LogP contribution in [-0.4, -0.2) is 41.9 Å². The molecule has 0 aliphatic heterocycles. The van der Waals surface area contributed by atoms with Crippen molar-refractivity contribution < 1.29 is 9.53 Å². The SMILES string of the molecule is CCOCCN(C)C(=O)C(C)(C)Br. The molecule has 4 heteroatoms. The highest BCUT2D eigenvalue weighted by Crippen LogP contribution is 2.18. The minimum absolute atomic E-state index is 0.0761. The van der Waals surface area contributed by atoms with Crippen LogP contribution in [0, 0.1) is 0 Å². The van der Waals surface area contributed by atoms with Crippen molar-refractivity contribution in [3.05, 3.63) is 0 Å². The van der Waals surface area contributed by atoms with Gasteiger partial charge in [-0.1, -0.05) is 15.9 Å². The average molecular weight is 252 g/mol. The molecule has 13 heavy (non-hydrogen) atoms. The van der Waals surface area contributed by atoms with Gasteiger partial charge in [0.15, 0.2) is 0 Å². The molecule has 0 aliphatic rings. The second kappa shape index (κ2) is 5.60. The first-order valence-electron chi connectivity index (χ1n) is 4.41. The lowest BCUT2D eigenvalue weighted by Gasteiger charge is -2.24. The maximum Gasteiger partial charge on any atom is 0.238 e. The minimum Gasteiger partial charge on any atom is -0.380 e. The predicted molar refractivity (Wildman–Crippen MR) is 57.1 cm³/mol. The Labute approximate surface area is 88.6 Å². The van der Waals surface area contributed by atoms with Crippen molar-refractivity contribution >= 4 is 21.8 Å². The van der Waals surface area contributed by atoms with Crippen molar-refractivity contribution in [2.45, 2.75) is 25.1 Å². The normalized spacial score (nSPS) is 11.5. The molecule has 0 aliphatic carbocycles. The number of amides is 1. The van der Waals surface area contributed by atoms with Gasteiger partial charge in [-0.2, -0.15) is 0 Å². The molecule has 0 unspecified atom stereocenters. The van der Waals surface area contributed by atoms with E-state index in [9.17, 15) is 4.79 Å². The van der Waals surface area contributed by atoms with Crippen LogP contribution in [0.1, 0.15) is 20.8 Å². The van der Waals surface area contributed by atoms with Crippen molar-refractivity contribution in [3.63, 3.8) is 0 Å². The second-order valence-electron chi connectivity index (χ2n) is 3.40. The van der Waals surface area contributed by atoms with E-state index in [2.05, 4.69) is 15.9 Å². The quantitative estimate of drug-likeness (QED) is 0.550. The van der Waals surface area contributed by atoms with Crippen LogP contribution in [-0.2, 0) is 9.53 Å². The van der Waals surface area contributed by atoms with Crippen LogP contribution in [0.25, 0.3) is 0 Å². The molecular formula is C9H18BrNO2. The van der Waals surface area contributed by atoms with Gasteiger partial charge in [-0.25, -0.2) is 0 Å². The van der Waals surface area contributed by atoms with E-state index >= 15 is 0 Å². The van der Waals surface area contributed by atoms with Gasteiger partial charge >= 0.3 is 0 Å². The largest absolute Gasteiger partial charge is 0.380 e. The fraction of sp³-hybridized carbons (Fsp3) is 0.889. The van der Waals surface area contributed by atoms with E-state index in [4.69, 9.17) is 4.74 Å². The Morgan fingerprint density at radius 1 is 1.54 bits per heavy atom. The Bertz CT molecular complexity index is 165. The first-order chi connectivity index (χ1) is 5.89. The number of rotatable bonds is 5. The van der Waals surface area contributed by atoms with Crippen LogP contribution < -0.4 is 0 Å². The van der Waals surface area contributed by atoms with Crippen molar-refractivity contribution in [1.82, 2.24) is 4.90 Å². The number of ether oxygens (including phenoxy) is 1. The highest BCUT2D eigenvalue weighted by molar-refractivity contribution is 9.10. The Morgan fingerprint density at radius 3 is 2.46 bits per heavy atom. The molecule has 0 saturated heterocycles. The lowest BCUT2D eigenvalue weighted by Crippen LogP contribution is -2.40. The number of carbonyl (C=O) groups is 1. The zero-order chi connectivity index (χ0) is 10.5. The number of alkyl halides is 1. The van der Waals surface area contributed by atoms with Crippen LogP contribution >= 0.6 is 15.9 Å². The van der Waals surface area contributed by atoms with Crippen LogP contribution in [0.3, 0.4) is 0 Å². The zero-order valence-corrected chi connectivity index (χ0v) is 10.3. The molecule has 0 rings (SSSR count). The predicted octanol–water partition coefficient (Wildman–Crippen LogP) is 1.65. The van der Waals surface area contributed by atoms with Gasteiger partial charge in [-0.05, 0) is 20.8 Å². The topological polar surface area (TPSA) is 29.5 Å². The molecule has 1 amide bonds. The lowest BCUT2D eigenvalue weighted by atomic mass is 10.2. The van der Waals surface area contributed by atoms with Gasteiger partial charge in [0.1, 0.15) is 0 Å². The Balaban J connectivity index is 3.84. The van der Waals surface area contributed by atoms with E-state index in [0.717, 1.165) is 0 Å². The van der Waals surface area contributed by atoms with Crippen molar-refractivity contribution in [3.8, 4) is 0 Å². The van der Waals surface area contributed by atoms with Crippen LogP contribution in [0.4, 0.5) is 0 Å². The molecule has 0 fully saturated rings. The summed E-state index contributed by atoms with van der Waals surface area (Å²) in [6.45, 7) is 7.55. The third kappa shape index (κ3) is 5.26. The molecule has 0 heterocycles. The maximum atomic E-state index is 11.6. The van der Waals surface area contributed by atoms with Crippen LogP contribution in [0.2, 0.25) is 0 Å². The number of halogens is 1. The molecule has 0 spiro atoms. The van der Waals surface area contributed by atoms with Crippen LogP contribution in [0.15, 0.2) is 0 Å². The molecule has 0 aromatic rings.